The number of nitrogens with zero attached hydrogens (tertiary/aromatic N) is 2. The Kier molecular flexibility index (Phi) is 10.6. The number of aliphatic imine (C=N–C) groups is 1. The number of nitrogens with one attached hydrogen (secondary N) is 1. The van der Waals surface area contributed by atoms with Gasteiger partial charge in [0.05, 0.1) is 27.4 Å². The summed E-state index contributed by atoms with van der Waals surface area (Å²) in [6.45, 7) is 4.10. The predicted octanol–water partition coefficient (Wildman–Crippen LogP) is 2.35. The third kappa shape index (κ3) is 6.95. The SMILES string of the molecule is CN=C(NCCc1c(OC)cc(OC)cc1OC)N1CCC(OCCCOC)CC1. The maximum atomic E-state index is 5.95. The molecule has 1 fully saturated rings. The highest BCUT2D eigenvalue weighted by Gasteiger charge is 2.22. The van der Waals surface area contributed by atoms with Crippen molar-refractivity contribution in [3.63, 3.8) is 0 Å². The largest absolute Gasteiger partial charge is 0.496 e. The summed E-state index contributed by atoms with van der Waals surface area (Å²) >= 11 is 0. The maximum Gasteiger partial charge on any atom is 0.193 e. The molecule has 1 saturated heterocycles. The summed E-state index contributed by atoms with van der Waals surface area (Å²) in [6, 6.07) is 3.76. The summed E-state index contributed by atoms with van der Waals surface area (Å²) < 4.78 is 27.4. The molecule has 8 heteroatoms. The second-order valence-corrected chi connectivity index (χ2v) is 7.14. The van der Waals surface area contributed by atoms with Crippen molar-refractivity contribution >= 4 is 5.96 Å². The standard InChI is InChI=1S/C22H37N3O5/c1-23-22(25-11-8-17(9-12-25)30-14-6-13-26-2)24-10-7-19-20(28-4)15-18(27-3)16-21(19)29-5/h15-17H,6-14H2,1-5H3,(H,23,24). The minimum Gasteiger partial charge on any atom is -0.496 e. The molecule has 1 heterocycles. The molecule has 1 aliphatic rings. The lowest BCUT2D eigenvalue weighted by atomic mass is 10.1. The van der Waals surface area contributed by atoms with Crippen LogP contribution in [0, 0.1) is 0 Å². The lowest BCUT2D eigenvalue weighted by Gasteiger charge is -2.34. The second kappa shape index (κ2) is 13.2. The molecule has 8 nitrogen and oxygen atoms in total. The smallest absolute Gasteiger partial charge is 0.193 e. The van der Waals surface area contributed by atoms with Crippen molar-refractivity contribution in [3.8, 4) is 17.2 Å². The van der Waals surface area contributed by atoms with Gasteiger partial charge in [0, 0.05) is 64.7 Å². The summed E-state index contributed by atoms with van der Waals surface area (Å²) in [5.41, 5.74) is 1.01. The van der Waals surface area contributed by atoms with Crippen molar-refractivity contribution in [2.45, 2.75) is 31.8 Å². The van der Waals surface area contributed by atoms with Gasteiger partial charge < -0.3 is 33.9 Å². The van der Waals surface area contributed by atoms with Crippen LogP contribution < -0.4 is 19.5 Å². The Bertz CT molecular complexity index is 635. The summed E-state index contributed by atoms with van der Waals surface area (Å²) in [5.74, 6) is 3.15. The molecule has 30 heavy (non-hydrogen) atoms. The lowest BCUT2D eigenvalue weighted by Crippen LogP contribution is -2.47. The van der Waals surface area contributed by atoms with Gasteiger partial charge in [0.15, 0.2) is 5.96 Å². The van der Waals surface area contributed by atoms with Gasteiger partial charge in [-0.3, -0.25) is 4.99 Å². The van der Waals surface area contributed by atoms with E-state index in [1.54, 1.807) is 28.4 Å². The van der Waals surface area contributed by atoms with Gasteiger partial charge in [-0.2, -0.15) is 0 Å². The van der Waals surface area contributed by atoms with Crippen molar-refractivity contribution < 1.29 is 23.7 Å². The molecule has 0 amide bonds. The van der Waals surface area contributed by atoms with E-state index >= 15 is 0 Å². The van der Waals surface area contributed by atoms with Crippen LogP contribution in [0.1, 0.15) is 24.8 Å². The van der Waals surface area contributed by atoms with Crippen LogP contribution in [0.2, 0.25) is 0 Å². The van der Waals surface area contributed by atoms with Crippen LogP contribution in [0.15, 0.2) is 17.1 Å². The van der Waals surface area contributed by atoms with Crippen LogP contribution >= 0.6 is 0 Å². The highest BCUT2D eigenvalue weighted by molar-refractivity contribution is 5.80. The normalized spacial score (nSPS) is 15.2. The summed E-state index contributed by atoms with van der Waals surface area (Å²) in [7, 11) is 8.49. The third-order valence-corrected chi connectivity index (χ3v) is 5.27. The molecule has 0 atom stereocenters. The number of hydrogen-bond acceptors (Lipinski definition) is 6. The zero-order valence-electron chi connectivity index (χ0n) is 19.0. The number of methoxy groups -OCH3 is 4. The Hall–Kier alpha value is -2.19. The number of piperidine rings is 1. The Morgan fingerprint density at radius 2 is 1.70 bits per heavy atom. The molecular weight excluding hydrogens is 386 g/mol. The maximum absolute atomic E-state index is 5.95. The molecule has 0 aromatic heterocycles. The first-order valence-electron chi connectivity index (χ1n) is 10.5. The molecule has 0 spiro atoms. The summed E-state index contributed by atoms with van der Waals surface area (Å²) in [4.78, 5) is 6.75. The highest BCUT2D eigenvalue weighted by Crippen LogP contribution is 2.34. The molecular formula is C22H37N3O5. The van der Waals surface area contributed by atoms with Crippen molar-refractivity contribution in [2.75, 3.05) is 68.3 Å². The average Bonchev–Trinajstić information content (AvgIpc) is 2.79. The van der Waals surface area contributed by atoms with E-state index in [0.29, 0.717) is 11.9 Å². The number of likely N-dealkylation sites (tertiary alicyclic amines) is 1. The molecule has 0 saturated carbocycles. The van der Waals surface area contributed by atoms with Gasteiger partial charge in [0.25, 0.3) is 0 Å². The third-order valence-electron chi connectivity index (χ3n) is 5.27. The number of rotatable bonds is 11. The van der Waals surface area contributed by atoms with E-state index in [1.165, 1.54) is 0 Å². The number of guanidine groups is 1. The molecule has 170 valence electrons. The number of ether oxygens (including phenoxy) is 5. The summed E-state index contributed by atoms with van der Waals surface area (Å²) in [6.07, 6.45) is 4.03. The van der Waals surface area contributed by atoms with E-state index in [-0.39, 0.29) is 0 Å². The molecule has 1 aromatic rings. The average molecular weight is 424 g/mol. The monoisotopic (exact) mass is 423 g/mol. The van der Waals surface area contributed by atoms with Crippen LogP contribution in [0.3, 0.4) is 0 Å². The Balaban J connectivity index is 1.84. The van der Waals surface area contributed by atoms with Crippen molar-refractivity contribution in [3.05, 3.63) is 17.7 Å². The van der Waals surface area contributed by atoms with Gasteiger partial charge in [-0.15, -0.1) is 0 Å². The molecule has 1 N–H and O–H groups in total. The van der Waals surface area contributed by atoms with E-state index in [0.717, 1.165) is 81.6 Å². The van der Waals surface area contributed by atoms with Crippen LogP contribution in [0.25, 0.3) is 0 Å². The molecule has 0 radical (unpaired) electrons. The number of hydrogen-bond donors (Lipinski definition) is 1. The van der Waals surface area contributed by atoms with Gasteiger partial charge >= 0.3 is 0 Å². The molecule has 1 aromatic carbocycles. The van der Waals surface area contributed by atoms with Gasteiger partial charge in [0.2, 0.25) is 0 Å². The van der Waals surface area contributed by atoms with E-state index in [9.17, 15) is 0 Å². The molecule has 0 unspecified atom stereocenters. The lowest BCUT2D eigenvalue weighted by molar-refractivity contribution is 0.00991. The topological polar surface area (TPSA) is 73.8 Å². The predicted molar refractivity (Wildman–Crippen MR) is 118 cm³/mol. The van der Waals surface area contributed by atoms with Crippen molar-refractivity contribution in [1.82, 2.24) is 10.2 Å². The zero-order valence-corrected chi connectivity index (χ0v) is 19.0. The molecule has 0 bridgehead atoms. The van der Waals surface area contributed by atoms with Crippen LogP contribution in [-0.4, -0.2) is 85.3 Å². The highest BCUT2D eigenvalue weighted by atomic mass is 16.5. The van der Waals surface area contributed by atoms with E-state index in [4.69, 9.17) is 23.7 Å². The van der Waals surface area contributed by atoms with Crippen LogP contribution in [-0.2, 0) is 15.9 Å². The van der Waals surface area contributed by atoms with E-state index in [1.807, 2.05) is 19.2 Å². The van der Waals surface area contributed by atoms with Crippen molar-refractivity contribution in [2.24, 2.45) is 4.99 Å². The molecule has 1 aliphatic heterocycles. The zero-order chi connectivity index (χ0) is 21.8. The van der Waals surface area contributed by atoms with Crippen LogP contribution in [0.5, 0.6) is 17.2 Å². The Labute approximate surface area is 180 Å². The van der Waals surface area contributed by atoms with Crippen molar-refractivity contribution in [1.29, 1.82) is 0 Å². The fourth-order valence-corrected chi connectivity index (χ4v) is 3.64. The quantitative estimate of drug-likeness (QED) is 0.333. The van der Waals surface area contributed by atoms with Gasteiger partial charge in [-0.1, -0.05) is 0 Å². The van der Waals surface area contributed by atoms with Gasteiger partial charge in [-0.25, -0.2) is 0 Å². The second-order valence-electron chi connectivity index (χ2n) is 7.14. The summed E-state index contributed by atoms with van der Waals surface area (Å²) in [5, 5.41) is 3.47. The Morgan fingerprint density at radius 1 is 1.03 bits per heavy atom. The molecule has 0 aliphatic carbocycles. The minimum atomic E-state index is 0.323. The fourth-order valence-electron chi connectivity index (χ4n) is 3.64. The van der Waals surface area contributed by atoms with Gasteiger partial charge in [0.1, 0.15) is 17.2 Å². The minimum absolute atomic E-state index is 0.323. The van der Waals surface area contributed by atoms with E-state index < -0.39 is 0 Å². The first kappa shape index (κ1) is 24.1. The van der Waals surface area contributed by atoms with E-state index in [2.05, 4.69) is 15.2 Å². The number of benzene rings is 1. The molecule has 2 rings (SSSR count). The van der Waals surface area contributed by atoms with Gasteiger partial charge in [-0.05, 0) is 25.7 Å². The first-order chi connectivity index (χ1) is 14.7. The van der Waals surface area contributed by atoms with Crippen LogP contribution in [0.4, 0.5) is 0 Å². The Morgan fingerprint density at radius 3 is 2.23 bits per heavy atom. The fraction of sp³-hybridized carbons (Fsp3) is 0.682. The first-order valence-corrected chi connectivity index (χ1v) is 10.5.